The Labute approximate surface area is 117 Å². The standard InChI is InChI=1S/C12H20N6O2/c1-8-3-5-9(6-4-8)17(2)12-10(18(19)20)11(16-13)14-7-15-12/h7-9H,3-6,13H2,1-2H3,(H,14,15,16). The normalized spacial score (nSPS) is 22.4. The lowest BCUT2D eigenvalue weighted by Gasteiger charge is -2.34. The highest BCUT2D eigenvalue weighted by atomic mass is 16.6. The van der Waals surface area contributed by atoms with Crippen LogP contribution in [0, 0.1) is 16.0 Å². The monoisotopic (exact) mass is 280 g/mol. The first kappa shape index (κ1) is 14.4. The van der Waals surface area contributed by atoms with Crippen LogP contribution in [0.15, 0.2) is 6.33 Å². The summed E-state index contributed by atoms with van der Waals surface area (Å²) in [6.45, 7) is 2.24. The minimum Gasteiger partial charge on any atom is -0.351 e. The van der Waals surface area contributed by atoms with Crippen molar-refractivity contribution in [3.63, 3.8) is 0 Å². The Morgan fingerprint density at radius 1 is 1.40 bits per heavy atom. The average molecular weight is 280 g/mol. The molecule has 0 radical (unpaired) electrons. The molecule has 3 N–H and O–H groups in total. The summed E-state index contributed by atoms with van der Waals surface area (Å²) in [5, 5.41) is 11.2. The summed E-state index contributed by atoms with van der Waals surface area (Å²) in [6.07, 6.45) is 5.60. The van der Waals surface area contributed by atoms with E-state index in [1.54, 1.807) is 0 Å². The summed E-state index contributed by atoms with van der Waals surface area (Å²) in [5.74, 6) is 6.37. The minimum atomic E-state index is -0.494. The highest BCUT2D eigenvalue weighted by molar-refractivity contribution is 5.69. The van der Waals surface area contributed by atoms with Gasteiger partial charge in [-0.2, -0.15) is 0 Å². The lowest BCUT2D eigenvalue weighted by molar-refractivity contribution is -0.383. The molecule has 0 saturated heterocycles. The Hall–Kier alpha value is -1.96. The van der Waals surface area contributed by atoms with Gasteiger partial charge in [-0.1, -0.05) is 6.92 Å². The third-order valence-corrected chi connectivity index (χ3v) is 3.99. The zero-order valence-electron chi connectivity index (χ0n) is 11.7. The van der Waals surface area contributed by atoms with Crippen molar-refractivity contribution in [1.82, 2.24) is 9.97 Å². The van der Waals surface area contributed by atoms with Gasteiger partial charge in [-0.05, 0) is 31.6 Å². The molecule has 0 unspecified atom stereocenters. The van der Waals surface area contributed by atoms with E-state index in [0.29, 0.717) is 5.82 Å². The third-order valence-electron chi connectivity index (χ3n) is 3.99. The molecule has 2 rings (SSSR count). The van der Waals surface area contributed by atoms with Gasteiger partial charge >= 0.3 is 5.69 Å². The molecule has 0 aliphatic heterocycles. The zero-order valence-corrected chi connectivity index (χ0v) is 11.7. The number of hydrogen-bond donors (Lipinski definition) is 2. The van der Waals surface area contributed by atoms with Crippen LogP contribution in [0.2, 0.25) is 0 Å². The van der Waals surface area contributed by atoms with Gasteiger partial charge in [-0.25, -0.2) is 15.8 Å². The number of nitrogen functional groups attached to an aromatic ring is 1. The minimum absolute atomic E-state index is 0.0380. The van der Waals surface area contributed by atoms with E-state index in [2.05, 4.69) is 22.3 Å². The number of nitrogens with zero attached hydrogens (tertiary/aromatic N) is 4. The molecular formula is C12H20N6O2. The van der Waals surface area contributed by atoms with Gasteiger partial charge in [0, 0.05) is 13.1 Å². The van der Waals surface area contributed by atoms with Crippen LogP contribution < -0.4 is 16.2 Å². The Balaban J connectivity index is 2.29. The molecule has 1 aliphatic carbocycles. The maximum Gasteiger partial charge on any atom is 0.354 e. The van der Waals surface area contributed by atoms with Crippen molar-refractivity contribution >= 4 is 17.3 Å². The third kappa shape index (κ3) is 2.79. The van der Waals surface area contributed by atoms with E-state index in [1.807, 2.05) is 11.9 Å². The Bertz CT molecular complexity index is 487. The second kappa shape index (κ2) is 6.00. The fourth-order valence-electron chi connectivity index (χ4n) is 2.70. The topological polar surface area (TPSA) is 110 Å². The highest BCUT2D eigenvalue weighted by Gasteiger charge is 2.30. The summed E-state index contributed by atoms with van der Waals surface area (Å²) in [4.78, 5) is 20.5. The van der Waals surface area contributed by atoms with E-state index < -0.39 is 4.92 Å². The lowest BCUT2D eigenvalue weighted by Crippen LogP contribution is -2.36. The van der Waals surface area contributed by atoms with Crippen LogP contribution in [0.4, 0.5) is 17.3 Å². The summed E-state index contributed by atoms with van der Waals surface area (Å²) >= 11 is 0. The molecule has 1 saturated carbocycles. The van der Waals surface area contributed by atoms with Crippen molar-refractivity contribution in [3.05, 3.63) is 16.4 Å². The Kier molecular flexibility index (Phi) is 4.33. The molecule has 0 bridgehead atoms. The van der Waals surface area contributed by atoms with Crippen molar-refractivity contribution in [1.29, 1.82) is 0 Å². The number of hydrazine groups is 1. The van der Waals surface area contributed by atoms with Gasteiger partial charge in [-0.3, -0.25) is 10.1 Å². The molecule has 1 aromatic rings. The maximum absolute atomic E-state index is 11.2. The molecule has 8 nitrogen and oxygen atoms in total. The molecule has 1 heterocycles. The van der Waals surface area contributed by atoms with Gasteiger partial charge in [0.2, 0.25) is 11.6 Å². The second-order valence-corrected chi connectivity index (χ2v) is 5.32. The first-order valence-electron chi connectivity index (χ1n) is 6.73. The lowest BCUT2D eigenvalue weighted by atomic mass is 9.87. The van der Waals surface area contributed by atoms with Crippen LogP contribution in [0.1, 0.15) is 32.6 Å². The van der Waals surface area contributed by atoms with Crippen LogP contribution in [-0.2, 0) is 0 Å². The molecule has 1 aromatic heterocycles. The highest BCUT2D eigenvalue weighted by Crippen LogP contribution is 2.35. The smallest absolute Gasteiger partial charge is 0.351 e. The van der Waals surface area contributed by atoms with E-state index in [0.717, 1.165) is 31.6 Å². The number of nitrogens with one attached hydrogen (secondary N) is 1. The second-order valence-electron chi connectivity index (χ2n) is 5.32. The summed E-state index contributed by atoms with van der Waals surface area (Å²) in [7, 11) is 1.84. The van der Waals surface area contributed by atoms with E-state index in [1.165, 1.54) is 6.33 Å². The number of hydrogen-bond acceptors (Lipinski definition) is 7. The molecule has 0 amide bonds. The van der Waals surface area contributed by atoms with Crippen LogP contribution >= 0.6 is 0 Å². The molecule has 8 heteroatoms. The van der Waals surface area contributed by atoms with Gasteiger partial charge in [0.05, 0.1) is 4.92 Å². The quantitative estimate of drug-likeness (QED) is 0.490. The summed E-state index contributed by atoms with van der Waals surface area (Å²) in [5.41, 5.74) is 2.09. The fourth-order valence-corrected chi connectivity index (χ4v) is 2.70. The first-order chi connectivity index (χ1) is 9.54. The predicted octanol–water partition coefficient (Wildman–Crippen LogP) is 1.69. The average Bonchev–Trinajstić information content (AvgIpc) is 2.46. The van der Waals surface area contributed by atoms with Crippen molar-refractivity contribution < 1.29 is 4.92 Å². The van der Waals surface area contributed by atoms with E-state index in [4.69, 9.17) is 5.84 Å². The largest absolute Gasteiger partial charge is 0.354 e. The summed E-state index contributed by atoms with van der Waals surface area (Å²) in [6, 6.07) is 0.269. The van der Waals surface area contributed by atoms with Crippen LogP contribution in [0.5, 0.6) is 0 Å². The van der Waals surface area contributed by atoms with Crippen molar-refractivity contribution in [2.45, 2.75) is 38.6 Å². The summed E-state index contributed by atoms with van der Waals surface area (Å²) < 4.78 is 0. The fraction of sp³-hybridized carbons (Fsp3) is 0.667. The number of aromatic nitrogens is 2. The van der Waals surface area contributed by atoms with Crippen LogP contribution in [-0.4, -0.2) is 28.0 Å². The number of nitro groups is 1. The van der Waals surface area contributed by atoms with Crippen LogP contribution in [0.3, 0.4) is 0 Å². The predicted molar refractivity (Wildman–Crippen MR) is 76.3 cm³/mol. The molecule has 0 atom stereocenters. The SMILES string of the molecule is CC1CCC(N(C)c2ncnc(NN)c2[N+](=O)[O-])CC1. The number of nitrogens with two attached hydrogens (primary N) is 1. The van der Waals surface area contributed by atoms with E-state index >= 15 is 0 Å². The van der Waals surface area contributed by atoms with Gasteiger partial charge < -0.3 is 10.3 Å². The van der Waals surface area contributed by atoms with Gasteiger partial charge in [0.15, 0.2) is 0 Å². The molecule has 110 valence electrons. The molecule has 1 fully saturated rings. The number of anilines is 2. The Morgan fingerprint density at radius 2 is 2.05 bits per heavy atom. The molecular weight excluding hydrogens is 260 g/mol. The molecule has 0 spiro atoms. The van der Waals surface area contributed by atoms with Gasteiger partial charge in [0.1, 0.15) is 6.33 Å². The van der Waals surface area contributed by atoms with Gasteiger partial charge in [-0.15, -0.1) is 0 Å². The van der Waals surface area contributed by atoms with Crippen molar-refractivity contribution in [3.8, 4) is 0 Å². The number of rotatable bonds is 4. The molecule has 20 heavy (non-hydrogen) atoms. The van der Waals surface area contributed by atoms with Crippen molar-refractivity contribution in [2.75, 3.05) is 17.4 Å². The maximum atomic E-state index is 11.2. The Morgan fingerprint density at radius 3 is 2.60 bits per heavy atom. The molecule has 0 aromatic carbocycles. The van der Waals surface area contributed by atoms with E-state index in [-0.39, 0.29) is 17.5 Å². The first-order valence-corrected chi connectivity index (χ1v) is 6.73. The van der Waals surface area contributed by atoms with Crippen LogP contribution in [0.25, 0.3) is 0 Å². The zero-order chi connectivity index (χ0) is 14.7. The molecule has 1 aliphatic rings. The van der Waals surface area contributed by atoms with Crippen molar-refractivity contribution in [2.24, 2.45) is 11.8 Å². The van der Waals surface area contributed by atoms with E-state index in [9.17, 15) is 10.1 Å². The van der Waals surface area contributed by atoms with Gasteiger partial charge in [0.25, 0.3) is 0 Å².